The van der Waals surface area contributed by atoms with Gasteiger partial charge in [-0.25, -0.2) is 4.39 Å². The van der Waals surface area contributed by atoms with Gasteiger partial charge in [0.2, 0.25) is 0 Å². The summed E-state index contributed by atoms with van der Waals surface area (Å²) in [6.45, 7) is 1.74. The zero-order chi connectivity index (χ0) is 14.8. The Balaban J connectivity index is 1.79. The SMILES string of the molecule is OB(O)c1cc(F)ccc1CN1CCC[C@H]2CCCC[C@H]21. The molecule has 2 N–H and O–H groups in total. The van der Waals surface area contributed by atoms with Gasteiger partial charge in [0, 0.05) is 12.6 Å². The van der Waals surface area contributed by atoms with E-state index in [-0.39, 0.29) is 0 Å². The molecule has 0 unspecified atom stereocenters. The molecule has 3 rings (SSSR count). The average molecular weight is 291 g/mol. The highest BCUT2D eigenvalue weighted by atomic mass is 19.1. The summed E-state index contributed by atoms with van der Waals surface area (Å²) >= 11 is 0. The van der Waals surface area contributed by atoms with Crippen LogP contribution >= 0.6 is 0 Å². The van der Waals surface area contributed by atoms with Crippen LogP contribution in [0.15, 0.2) is 18.2 Å². The van der Waals surface area contributed by atoms with Crippen LogP contribution in [0.2, 0.25) is 0 Å². The van der Waals surface area contributed by atoms with Crippen LogP contribution in [-0.2, 0) is 6.54 Å². The van der Waals surface area contributed by atoms with E-state index in [0.29, 0.717) is 18.0 Å². The number of likely N-dealkylation sites (tertiary alicyclic amines) is 1. The predicted molar refractivity (Wildman–Crippen MR) is 81.6 cm³/mol. The van der Waals surface area contributed by atoms with Gasteiger partial charge in [-0.05, 0) is 61.3 Å². The van der Waals surface area contributed by atoms with Crippen LogP contribution in [0.5, 0.6) is 0 Å². The number of hydrogen-bond acceptors (Lipinski definition) is 3. The third kappa shape index (κ3) is 3.30. The molecule has 114 valence electrons. The van der Waals surface area contributed by atoms with Crippen molar-refractivity contribution in [3.8, 4) is 0 Å². The molecule has 1 aliphatic carbocycles. The first-order valence-electron chi connectivity index (χ1n) is 8.03. The molecule has 1 aliphatic heterocycles. The molecule has 0 amide bonds. The summed E-state index contributed by atoms with van der Waals surface area (Å²) in [4.78, 5) is 2.46. The van der Waals surface area contributed by atoms with E-state index < -0.39 is 12.9 Å². The molecule has 0 radical (unpaired) electrons. The summed E-state index contributed by atoms with van der Waals surface area (Å²) in [5, 5.41) is 18.9. The molecule has 1 aromatic rings. The van der Waals surface area contributed by atoms with Crippen molar-refractivity contribution in [2.75, 3.05) is 6.54 Å². The summed E-state index contributed by atoms with van der Waals surface area (Å²) in [6, 6.07) is 4.95. The highest BCUT2D eigenvalue weighted by Crippen LogP contribution is 2.35. The Kier molecular flexibility index (Phi) is 4.62. The molecule has 1 aromatic carbocycles. The normalized spacial score (nSPS) is 26.4. The van der Waals surface area contributed by atoms with Gasteiger partial charge >= 0.3 is 7.12 Å². The van der Waals surface area contributed by atoms with Crippen molar-refractivity contribution in [1.82, 2.24) is 4.90 Å². The minimum absolute atomic E-state index is 0.299. The molecule has 1 saturated heterocycles. The minimum Gasteiger partial charge on any atom is -0.423 e. The molecular weight excluding hydrogens is 268 g/mol. The van der Waals surface area contributed by atoms with Crippen LogP contribution in [0, 0.1) is 11.7 Å². The number of rotatable bonds is 3. The number of benzene rings is 1. The fraction of sp³-hybridized carbons (Fsp3) is 0.625. The van der Waals surface area contributed by atoms with E-state index in [4.69, 9.17) is 0 Å². The Morgan fingerprint density at radius 1 is 1.14 bits per heavy atom. The monoisotopic (exact) mass is 291 g/mol. The van der Waals surface area contributed by atoms with Crippen LogP contribution in [0.1, 0.15) is 44.1 Å². The Bertz CT molecular complexity index is 495. The molecular formula is C16H23BFNO2. The number of piperidine rings is 1. The summed E-state index contributed by atoms with van der Waals surface area (Å²) in [6.07, 6.45) is 7.71. The van der Waals surface area contributed by atoms with Crippen molar-refractivity contribution in [2.24, 2.45) is 5.92 Å². The van der Waals surface area contributed by atoms with Gasteiger partial charge < -0.3 is 10.0 Å². The summed E-state index contributed by atoms with van der Waals surface area (Å²) in [7, 11) is -1.61. The maximum atomic E-state index is 13.3. The maximum Gasteiger partial charge on any atom is 0.488 e. The lowest BCUT2D eigenvalue weighted by Crippen LogP contribution is -2.47. The zero-order valence-corrected chi connectivity index (χ0v) is 12.3. The Hall–Kier alpha value is -0.905. The number of fused-ring (bicyclic) bond motifs is 1. The highest BCUT2D eigenvalue weighted by Gasteiger charge is 2.33. The molecule has 0 spiro atoms. The number of halogens is 1. The maximum absolute atomic E-state index is 13.3. The van der Waals surface area contributed by atoms with Gasteiger partial charge in [-0.2, -0.15) is 0 Å². The van der Waals surface area contributed by atoms with E-state index in [1.54, 1.807) is 6.07 Å². The van der Waals surface area contributed by atoms with Crippen molar-refractivity contribution < 1.29 is 14.4 Å². The molecule has 21 heavy (non-hydrogen) atoms. The zero-order valence-electron chi connectivity index (χ0n) is 12.3. The smallest absolute Gasteiger partial charge is 0.423 e. The van der Waals surface area contributed by atoms with Gasteiger partial charge in [0.05, 0.1) is 0 Å². The van der Waals surface area contributed by atoms with Crippen molar-refractivity contribution >= 4 is 12.6 Å². The topological polar surface area (TPSA) is 43.7 Å². The summed E-state index contributed by atoms with van der Waals surface area (Å²) in [5.41, 5.74) is 1.13. The second-order valence-electron chi connectivity index (χ2n) is 6.44. The Morgan fingerprint density at radius 3 is 2.71 bits per heavy atom. The van der Waals surface area contributed by atoms with Crippen molar-refractivity contribution in [3.05, 3.63) is 29.6 Å². The second-order valence-corrected chi connectivity index (χ2v) is 6.44. The molecule has 3 nitrogen and oxygen atoms in total. The standard InChI is InChI=1S/C16H23BFNO2/c18-14-8-7-13(15(10-14)17(20)21)11-19-9-3-5-12-4-1-2-6-16(12)19/h7-8,10,12,16,20-21H,1-6,9,11H2/t12-,16-/m1/s1. The first-order valence-corrected chi connectivity index (χ1v) is 8.03. The molecule has 2 atom stereocenters. The van der Waals surface area contributed by atoms with E-state index in [1.165, 1.54) is 50.7 Å². The Labute approximate surface area is 125 Å². The molecule has 0 aromatic heterocycles. The fourth-order valence-corrected chi connectivity index (χ4v) is 4.09. The van der Waals surface area contributed by atoms with Gasteiger partial charge in [0.1, 0.15) is 5.82 Å². The van der Waals surface area contributed by atoms with Crippen LogP contribution in [0.3, 0.4) is 0 Å². The first-order chi connectivity index (χ1) is 10.1. The van der Waals surface area contributed by atoms with Crippen LogP contribution < -0.4 is 5.46 Å². The Morgan fingerprint density at radius 2 is 1.90 bits per heavy atom. The van der Waals surface area contributed by atoms with E-state index in [0.717, 1.165) is 18.0 Å². The van der Waals surface area contributed by atoms with Crippen molar-refractivity contribution in [2.45, 2.75) is 51.1 Å². The molecule has 1 saturated carbocycles. The average Bonchev–Trinajstić information content (AvgIpc) is 2.49. The predicted octanol–water partition coefficient (Wildman–Crippen LogP) is 1.66. The molecule has 1 heterocycles. The second kappa shape index (κ2) is 6.47. The lowest BCUT2D eigenvalue weighted by atomic mass is 9.75. The minimum atomic E-state index is -1.61. The van der Waals surface area contributed by atoms with E-state index >= 15 is 0 Å². The molecule has 0 bridgehead atoms. The van der Waals surface area contributed by atoms with Gasteiger partial charge in [0.15, 0.2) is 0 Å². The van der Waals surface area contributed by atoms with Gasteiger partial charge in [-0.1, -0.05) is 18.9 Å². The third-order valence-electron chi connectivity index (χ3n) is 5.12. The lowest BCUT2D eigenvalue weighted by molar-refractivity contribution is 0.0548. The molecule has 2 aliphatic rings. The van der Waals surface area contributed by atoms with Gasteiger partial charge in [-0.3, -0.25) is 4.90 Å². The van der Waals surface area contributed by atoms with E-state index in [2.05, 4.69) is 4.90 Å². The number of hydrogen-bond donors (Lipinski definition) is 2. The molecule has 5 heteroatoms. The van der Waals surface area contributed by atoms with Crippen molar-refractivity contribution in [1.29, 1.82) is 0 Å². The van der Waals surface area contributed by atoms with Crippen molar-refractivity contribution in [3.63, 3.8) is 0 Å². The molecule has 2 fully saturated rings. The van der Waals surface area contributed by atoms with Crippen LogP contribution in [0.25, 0.3) is 0 Å². The van der Waals surface area contributed by atoms with E-state index in [9.17, 15) is 14.4 Å². The first kappa shape index (κ1) is 15.0. The largest absolute Gasteiger partial charge is 0.488 e. The summed E-state index contributed by atoms with van der Waals surface area (Å²) in [5.74, 6) is 0.367. The van der Waals surface area contributed by atoms with Crippen LogP contribution in [0.4, 0.5) is 4.39 Å². The lowest BCUT2D eigenvalue weighted by Gasteiger charge is -2.44. The number of nitrogens with zero attached hydrogens (tertiary/aromatic N) is 1. The van der Waals surface area contributed by atoms with E-state index in [1.807, 2.05) is 0 Å². The van der Waals surface area contributed by atoms with Gasteiger partial charge in [-0.15, -0.1) is 0 Å². The fourth-order valence-electron chi connectivity index (χ4n) is 4.09. The quantitative estimate of drug-likeness (QED) is 0.832. The van der Waals surface area contributed by atoms with Gasteiger partial charge in [0.25, 0.3) is 0 Å². The highest BCUT2D eigenvalue weighted by molar-refractivity contribution is 6.59. The third-order valence-corrected chi connectivity index (χ3v) is 5.12. The summed E-state index contributed by atoms with van der Waals surface area (Å²) < 4.78 is 13.3. The van der Waals surface area contributed by atoms with Crippen LogP contribution in [-0.4, -0.2) is 34.7 Å².